The first kappa shape index (κ1) is 12.3. The number of hydrogen-bond donors (Lipinski definition) is 1. The molecule has 0 aromatic heterocycles. The number of hydrogen-bond acceptors (Lipinski definition) is 3. The van der Waals surface area contributed by atoms with E-state index >= 15 is 0 Å². The second-order valence-electron chi connectivity index (χ2n) is 5.35. The lowest BCUT2D eigenvalue weighted by Crippen LogP contribution is -2.59. The monoisotopic (exact) mass is 226 g/mol. The summed E-state index contributed by atoms with van der Waals surface area (Å²) in [5, 5.41) is 0. The molecule has 2 aliphatic rings. The maximum absolute atomic E-state index is 6.08. The first-order chi connectivity index (χ1) is 7.74. The first-order valence-corrected chi connectivity index (χ1v) is 6.83. The summed E-state index contributed by atoms with van der Waals surface area (Å²) in [5.41, 5.74) is 6.21. The molecular weight excluding hydrogens is 200 g/mol. The minimum atomic E-state index is 0.135. The third-order valence-electron chi connectivity index (χ3n) is 4.33. The molecule has 0 aromatic rings. The van der Waals surface area contributed by atoms with Crippen molar-refractivity contribution in [2.75, 3.05) is 19.7 Å². The van der Waals surface area contributed by atoms with Crippen LogP contribution in [0, 0.1) is 0 Å². The van der Waals surface area contributed by atoms with E-state index in [0.29, 0.717) is 6.10 Å². The van der Waals surface area contributed by atoms with Gasteiger partial charge < -0.3 is 10.5 Å². The highest BCUT2D eigenvalue weighted by atomic mass is 16.5. The van der Waals surface area contributed by atoms with E-state index in [1.54, 1.807) is 0 Å². The van der Waals surface area contributed by atoms with Crippen molar-refractivity contribution < 1.29 is 4.74 Å². The van der Waals surface area contributed by atoms with E-state index in [2.05, 4.69) is 18.7 Å². The Morgan fingerprint density at radius 3 is 2.62 bits per heavy atom. The highest BCUT2D eigenvalue weighted by Gasteiger charge is 2.49. The predicted molar refractivity (Wildman–Crippen MR) is 66.5 cm³/mol. The quantitative estimate of drug-likeness (QED) is 0.750. The van der Waals surface area contributed by atoms with E-state index in [0.717, 1.165) is 25.6 Å². The Bertz CT molecular complexity index is 230. The minimum absolute atomic E-state index is 0.135. The molecule has 3 heteroatoms. The summed E-state index contributed by atoms with van der Waals surface area (Å²) in [6.07, 6.45) is 6.68. The predicted octanol–water partition coefficient (Wildman–Crippen LogP) is 1.76. The largest absolute Gasteiger partial charge is 0.376 e. The Labute approximate surface area is 99.3 Å². The van der Waals surface area contributed by atoms with Gasteiger partial charge in [-0.15, -0.1) is 0 Å². The van der Waals surface area contributed by atoms with Gasteiger partial charge in [-0.2, -0.15) is 0 Å². The number of unbranched alkanes of at least 4 members (excludes halogenated alkanes) is 1. The Morgan fingerprint density at radius 1 is 1.44 bits per heavy atom. The lowest BCUT2D eigenvalue weighted by molar-refractivity contribution is 0.00851. The van der Waals surface area contributed by atoms with Crippen LogP contribution in [-0.2, 0) is 4.74 Å². The van der Waals surface area contributed by atoms with E-state index in [1.165, 1.54) is 32.2 Å². The van der Waals surface area contributed by atoms with E-state index < -0.39 is 0 Å². The van der Waals surface area contributed by atoms with Gasteiger partial charge >= 0.3 is 0 Å². The maximum Gasteiger partial charge on any atom is 0.0743 e. The molecule has 0 bridgehead atoms. The summed E-state index contributed by atoms with van der Waals surface area (Å²) >= 11 is 0. The van der Waals surface area contributed by atoms with Gasteiger partial charge in [-0.05, 0) is 39.2 Å². The second kappa shape index (κ2) is 5.03. The molecule has 16 heavy (non-hydrogen) atoms. The van der Waals surface area contributed by atoms with Gasteiger partial charge in [0.1, 0.15) is 0 Å². The smallest absolute Gasteiger partial charge is 0.0743 e. The summed E-state index contributed by atoms with van der Waals surface area (Å²) in [5.74, 6) is 0. The summed E-state index contributed by atoms with van der Waals surface area (Å²) in [6.45, 7) is 7.28. The molecular formula is C13H26N2O. The molecule has 2 unspecified atom stereocenters. The van der Waals surface area contributed by atoms with Crippen molar-refractivity contribution in [2.24, 2.45) is 5.73 Å². The van der Waals surface area contributed by atoms with Gasteiger partial charge in [-0.1, -0.05) is 13.3 Å². The molecule has 2 rings (SSSR count). The summed E-state index contributed by atoms with van der Waals surface area (Å²) in [7, 11) is 0. The molecule has 3 nitrogen and oxygen atoms in total. The van der Waals surface area contributed by atoms with Crippen LogP contribution < -0.4 is 5.73 Å². The molecule has 2 atom stereocenters. The lowest BCUT2D eigenvalue weighted by atomic mass is 9.89. The van der Waals surface area contributed by atoms with Crippen LogP contribution in [0.3, 0.4) is 0 Å². The number of ether oxygens (including phenoxy) is 1. The average Bonchev–Trinajstić information content (AvgIpc) is 3.05. The molecule has 0 radical (unpaired) electrons. The zero-order valence-electron chi connectivity index (χ0n) is 10.7. The van der Waals surface area contributed by atoms with Gasteiger partial charge in [0.05, 0.1) is 11.6 Å². The maximum atomic E-state index is 6.08. The van der Waals surface area contributed by atoms with Crippen LogP contribution in [0.4, 0.5) is 0 Å². The normalized spacial score (nSPS) is 34.9. The summed E-state index contributed by atoms with van der Waals surface area (Å²) < 4.78 is 5.78. The van der Waals surface area contributed by atoms with Crippen LogP contribution in [-0.4, -0.2) is 42.3 Å². The van der Waals surface area contributed by atoms with Crippen LogP contribution >= 0.6 is 0 Å². The fourth-order valence-electron chi connectivity index (χ4n) is 3.02. The number of rotatable bonds is 6. The SMILES string of the molecule is CCCCN(C1CC1)C1(CN)CCOC1C. The van der Waals surface area contributed by atoms with Crippen molar-refractivity contribution in [2.45, 2.75) is 63.6 Å². The molecule has 1 saturated carbocycles. The van der Waals surface area contributed by atoms with Crippen LogP contribution in [0.1, 0.15) is 46.0 Å². The standard InChI is InChI=1S/C13H26N2O/c1-3-4-8-15(12-5-6-12)13(10-14)7-9-16-11(13)2/h11-12H,3-10,14H2,1-2H3. The molecule has 1 saturated heterocycles. The first-order valence-electron chi connectivity index (χ1n) is 6.83. The minimum Gasteiger partial charge on any atom is -0.376 e. The van der Waals surface area contributed by atoms with Gasteiger partial charge in [-0.3, -0.25) is 4.90 Å². The summed E-state index contributed by atoms with van der Waals surface area (Å²) in [6, 6.07) is 0.791. The molecule has 1 aliphatic heterocycles. The second-order valence-corrected chi connectivity index (χ2v) is 5.35. The highest BCUT2D eigenvalue weighted by molar-refractivity contribution is 5.05. The lowest BCUT2D eigenvalue weighted by Gasteiger charge is -2.43. The molecule has 0 amide bonds. The molecule has 94 valence electrons. The molecule has 0 spiro atoms. The van der Waals surface area contributed by atoms with E-state index in [4.69, 9.17) is 10.5 Å². The fraction of sp³-hybridized carbons (Fsp3) is 1.00. The zero-order chi connectivity index (χ0) is 11.6. The van der Waals surface area contributed by atoms with E-state index in [1.807, 2.05) is 0 Å². The van der Waals surface area contributed by atoms with Crippen molar-refractivity contribution in [1.82, 2.24) is 4.90 Å². The topological polar surface area (TPSA) is 38.5 Å². The molecule has 0 aromatic carbocycles. The number of nitrogens with zero attached hydrogens (tertiary/aromatic N) is 1. The summed E-state index contributed by atoms with van der Waals surface area (Å²) in [4.78, 5) is 2.67. The van der Waals surface area contributed by atoms with Crippen LogP contribution in [0.15, 0.2) is 0 Å². The fourth-order valence-corrected chi connectivity index (χ4v) is 3.02. The van der Waals surface area contributed by atoms with Crippen LogP contribution in [0.2, 0.25) is 0 Å². The average molecular weight is 226 g/mol. The molecule has 2 N–H and O–H groups in total. The van der Waals surface area contributed by atoms with Crippen molar-refractivity contribution in [3.8, 4) is 0 Å². The van der Waals surface area contributed by atoms with Gasteiger partial charge in [0, 0.05) is 19.2 Å². The van der Waals surface area contributed by atoms with Crippen molar-refractivity contribution in [3.05, 3.63) is 0 Å². The third-order valence-corrected chi connectivity index (χ3v) is 4.33. The van der Waals surface area contributed by atoms with Crippen molar-refractivity contribution in [1.29, 1.82) is 0 Å². The number of nitrogens with two attached hydrogens (primary N) is 1. The zero-order valence-corrected chi connectivity index (χ0v) is 10.7. The van der Waals surface area contributed by atoms with Gasteiger partial charge in [0.2, 0.25) is 0 Å². The van der Waals surface area contributed by atoms with Crippen molar-refractivity contribution in [3.63, 3.8) is 0 Å². The molecule has 1 heterocycles. The van der Waals surface area contributed by atoms with E-state index in [-0.39, 0.29) is 5.54 Å². The van der Waals surface area contributed by atoms with Crippen molar-refractivity contribution >= 4 is 0 Å². The third kappa shape index (κ3) is 2.13. The Hall–Kier alpha value is -0.120. The Kier molecular flexibility index (Phi) is 3.88. The van der Waals surface area contributed by atoms with Gasteiger partial charge in [0.15, 0.2) is 0 Å². The molecule has 2 fully saturated rings. The Morgan fingerprint density at radius 2 is 2.19 bits per heavy atom. The van der Waals surface area contributed by atoms with Gasteiger partial charge in [-0.25, -0.2) is 0 Å². The van der Waals surface area contributed by atoms with Crippen LogP contribution in [0.5, 0.6) is 0 Å². The highest BCUT2D eigenvalue weighted by Crippen LogP contribution is 2.39. The van der Waals surface area contributed by atoms with Crippen LogP contribution in [0.25, 0.3) is 0 Å². The van der Waals surface area contributed by atoms with E-state index in [9.17, 15) is 0 Å². The Balaban J connectivity index is 2.08. The van der Waals surface area contributed by atoms with Gasteiger partial charge in [0.25, 0.3) is 0 Å². The molecule has 1 aliphatic carbocycles.